The van der Waals surface area contributed by atoms with Crippen molar-refractivity contribution in [3.63, 3.8) is 0 Å². The fraction of sp³-hybridized carbons (Fsp3) is 0.500. The summed E-state index contributed by atoms with van der Waals surface area (Å²) >= 11 is 0. The highest BCUT2D eigenvalue weighted by molar-refractivity contribution is 5.98. The maximum absolute atomic E-state index is 14.2. The van der Waals surface area contributed by atoms with Crippen LogP contribution in [0.5, 0.6) is 0 Å². The fourth-order valence-electron chi connectivity index (χ4n) is 7.43. The summed E-state index contributed by atoms with van der Waals surface area (Å²) in [5, 5.41) is 0. The molecule has 0 aliphatic carbocycles. The van der Waals surface area contributed by atoms with Crippen LogP contribution in [0.25, 0.3) is 0 Å². The van der Waals surface area contributed by atoms with Crippen molar-refractivity contribution in [2.45, 2.75) is 51.5 Å². The van der Waals surface area contributed by atoms with Crippen LogP contribution in [0.4, 0.5) is 13.2 Å². The van der Waals surface area contributed by atoms with Crippen LogP contribution in [0.3, 0.4) is 0 Å². The summed E-state index contributed by atoms with van der Waals surface area (Å²) in [7, 11) is 0. The van der Waals surface area contributed by atoms with Crippen molar-refractivity contribution in [2.75, 3.05) is 85.3 Å². The number of ketones is 3. The second kappa shape index (κ2) is 18.2. The third-order valence-corrected chi connectivity index (χ3v) is 10.7. The van der Waals surface area contributed by atoms with E-state index in [9.17, 15) is 27.6 Å². The summed E-state index contributed by atoms with van der Waals surface area (Å²) in [6, 6.07) is 16.9. The van der Waals surface area contributed by atoms with E-state index in [-0.39, 0.29) is 36.2 Å². The lowest BCUT2D eigenvalue weighted by molar-refractivity contribution is -0.138. The van der Waals surface area contributed by atoms with Crippen LogP contribution in [0, 0.1) is 13.8 Å². The third kappa shape index (κ3) is 10.5. The van der Waals surface area contributed by atoms with Crippen molar-refractivity contribution < 1.29 is 41.8 Å². The van der Waals surface area contributed by atoms with E-state index in [2.05, 4.69) is 9.80 Å². The Bertz CT molecular complexity index is 1790. The molecule has 3 heterocycles. The summed E-state index contributed by atoms with van der Waals surface area (Å²) in [4.78, 5) is 45.9. The summed E-state index contributed by atoms with van der Waals surface area (Å²) in [5.41, 5.74) is 3.27. The van der Waals surface area contributed by atoms with Gasteiger partial charge in [0.25, 0.3) is 0 Å². The van der Waals surface area contributed by atoms with Gasteiger partial charge in [0.05, 0.1) is 44.2 Å². The van der Waals surface area contributed by atoms with Gasteiger partial charge in [-0.3, -0.25) is 29.1 Å². The van der Waals surface area contributed by atoms with Crippen LogP contribution < -0.4 is 0 Å². The molecule has 3 aliphatic rings. The highest BCUT2D eigenvalue weighted by atomic mass is 19.4. The first kappa shape index (κ1) is 39.9. The molecule has 3 saturated heterocycles. The summed E-state index contributed by atoms with van der Waals surface area (Å²) in [6.45, 7) is 11.0. The molecule has 9 nitrogen and oxygen atoms in total. The second-order valence-corrected chi connectivity index (χ2v) is 14.5. The van der Waals surface area contributed by atoms with E-state index in [0.29, 0.717) is 95.2 Å². The lowest BCUT2D eigenvalue weighted by atomic mass is 9.95. The molecule has 3 aliphatic heterocycles. The summed E-state index contributed by atoms with van der Waals surface area (Å²) in [5.74, 6) is -0.488. The van der Waals surface area contributed by atoms with Crippen LogP contribution in [-0.2, 0) is 20.4 Å². The van der Waals surface area contributed by atoms with E-state index < -0.39 is 23.6 Å². The number of ether oxygens (including phenoxy) is 3. The first-order valence-electron chi connectivity index (χ1n) is 18.9. The Kier molecular flexibility index (Phi) is 13.5. The van der Waals surface area contributed by atoms with Crippen molar-refractivity contribution >= 4 is 17.3 Å². The Morgan fingerprint density at radius 2 is 1.19 bits per heavy atom. The van der Waals surface area contributed by atoms with Gasteiger partial charge in [0.15, 0.2) is 17.3 Å². The van der Waals surface area contributed by atoms with Crippen LogP contribution in [-0.4, -0.2) is 117 Å². The van der Waals surface area contributed by atoms with E-state index >= 15 is 0 Å². The lowest BCUT2D eigenvalue weighted by Crippen LogP contribution is -2.40. The predicted molar refractivity (Wildman–Crippen MR) is 198 cm³/mol. The zero-order chi connectivity index (χ0) is 38.2. The van der Waals surface area contributed by atoms with E-state index in [1.165, 1.54) is 12.1 Å². The van der Waals surface area contributed by atoms with Crippen LogP contribution in [0.2, 0.25) is 0 Å². The number of hydrogen-bond acceptors (Lipinski definition) is 9. The molecular formula is C42H50F3N3O6. The number of rotatable bonds is 14. The van der Waals surface area contributed by atoms with Gasteiger partial charge in [0, 0.05) is 94.9 Å². The van der Waals surface area contributed by atoms with Crippen molar-refractivity contribution in [2.24, 2.45) is 0 Å². The Balaban J connectivity index is 1.07. The average Bonchev–Trinajstić information content (AvgIpc) is 3.18. The van der Waals surface area contributed by atoms with Crippen molar-refractivity contribution in [1.82, 2.24) is 14.7 Å². The number of nitrogens with zero attached hydrogens (tertiary/aromatic N) is 3. The van der Waals surface area contributed by atoms with Gasteiger partial charge < -0.3 is 14.2 Å². The number of hydrogen-bond donors (Lipinski definition) is 0. The monoisotopic (exact) mass is 749 g/mol. The molecule has 0 aromatic heterocycles. The van der Waals surface area contributed by atoms with Crippen LogP contribution in [0.15, 0.2) is 60.7 Å². The second-order valence-electron chi connectivity index (χ2n) is 14.5. The molecule has 2 unspecified atom stereocenters. The maximum Gasteiger partial charge on any atom is 0.417 e. The number of carbonyl (C=O) groups excluding carboxylic acids is 3. The van der Waals surface area contributed by atoms with E-state index in [0.717, 1.165) is 35.8 Å². The molecule has 0 bridgehead atoms. The van der Waals surface area contributed by atoms with Gasteiger partial charge in [-0.2, -0.15) is 13.2 Å². The fourth-order valence-corrected chi connectivity index (χ4v) is 7.43. The molecule has 290 valence electrons. The van der Waals surface area contributed by atoms with Crippen molar-refractivity contribution in [3.8, 4) is 0 Å². The molecule has 0 saturated carbocycles. The van der Waals surface area contributed by atoms with Gasteiger partial charge in [0.1, 0.15) is 0 Å². The number of aryl methyl sites for hydroxylation is 2. The van der Waals surface area contributed by atoms with E-state index in [1.54, 1.807) is 6.07 Å². The zero-order valence-electron chi connectivity index (χ0n) is 31.2. The van der Waals surface area contributed by atoms with E-state index in [4.69, 9.17) is 14.2 Å². The minimum atomic E-state index is -4.70. The molecule has 0 N–H and O–H groups in total. The van der Waals surface area contributed by atoms with Crippen molar-refractivity contribution in [1.29, 1.82) is 0 Å². The third-order valence-electron chi connectivity index (χ3n) is 10.7. The molecule has 3 aromatic carbocycles. The maximum atomic E-state index is 14.2. The standard InChI is InChI=1S/C42H50F3N3O6/c1-29-4-3-5-31(24-29)37(49)10-14-47-18-22-54-41(28-47)33-8-9-36(42(43,44)45)35(26-33)39(51)12-15-48-19-23-53-40(27-48)32-7-6-30(2)34(25-32)38(50)11-13-46-16-20-52-21-17-46/h3-9,24-26,40-41H,10-23,27-28H2,1-2H3. The molecule has 54 heavy (non-hydrogen) atoms. The summed E-state index contributed by atoms with van der Waals surface area (Å²) in [6.07, 6.45) is -4.96. The number of Topliss-reactive ketones (excluding diaryl/α,β-unsaturated/α-hetero) is 3. The van der Waals surface area contributed by atoms with Gasteiger partial charge in [-0.25, -0.2) is 0 Å². The Labute approximate surface area is 315 Å². The normalized spacial score (nSPS) is 20.5. The molecule has 0 radical (unpaired) electrons. The number of benzene rings is 3. The largest absolute Gasteiger partial charge is 0.417 e. The number of alkyl halides is 3. The Morgan fingerprint density at radius 3 is 1.80 bits per heavy atom. The van der Waals surface area contributed by atoms with Gasteiger partial charge in [-0.15, -0.1) is 0 Å². The smallest absolute Gasteiger partial charge is 0.379 e. The van der Waals surface area contributed by atoms with E-state index in [1.807, 2.05) is 55.1 Å². The first-order valence-corrected chi connectivity index (χ1v) is 18.9. The number of carbonyl (C=O) groups is 3. The number of halogens is 3. The Hall–Kier alpha value is -3.78. The predicted octanol–water partition coefficient (Wildman–Crippen LogP) is 6.52. The highest BCUT2D eigenvalue weighted by Gasteiger charge is 2.36. The molecule has 2 atom stereocenters. The lowest BCUT2D eigenvalue weighted by Gasteiger charge is -2.34. The topological polar surface area (TPSA) is 88.6 Å². The average molecular weight is 750 g/mol. The van der Waals surface area contributed by atoms with Gasteiger partial charge in [0.2, 0.25) is 0 Å². The van der Waals surface area contributed by atoms with Gasteiger partial charge in [-0.05, 0) is 54.8 Å². The number of morpholine rings is 3. The summed E-state index contributed by atoms with van der Waals surface area (Å²) < 4.78 is 60.1. The van der Waals surface area contributed by atoms with Crippen LogP contribution in [0.1, 0.15) is 90.4 Å². The van der Waals surface area contributed by atoms with Gasteiger partial charge >= 0.3 is 6.18 Å². The molecule has 12 heteroatoms. The molecule has 3 fully saturated rings. The molecule has 3 aromatic rings. The minimum absolute atomic E-state index is 0.0320. The SMILES string of the molecule is Cc1cccc(C(=O)CCN2CCOC(c3ccc(C(F)(F)F)c(C(=O)CCN4CCOC(c5ccc(C)c(C(=O)CCN6CCOCC6)c5)C4)c3)C2)c1. The Morgan fingerprint density at radius 1 is 0.648 bits per heavy atom. The minimum Gasteiger partial charge on any atom is -0.379 e. The quantitative estimate of drug-likeness (QED) is 0.171. The van der Waals surface area contributed by atoms with Crippen molar-refractivity contribution in [3.05, 3.63) is 105 Å². The van der Waals surface area contributed by atoms with Crippen LogP contribution >= 0.6 is 0 Å². The first-order chi connectivity index (χ1) is 25.9. The molecular weight excluding hydrogens is 699 g/mol. The molecule has 0 amide bonds. The van der Waals surface area contributed by atoms with Gasteiger partial charge in [-0.1, -0.05) is 42.0 Å². The highest BCUT2D eigenvalue weighted by Crippen LogP contribution is 2.35. The molecule has 0 spiro atoms. The molecule has 6 rings (SSSR count). The zero-order valence-corrected chi connectivity index (χ0v) is 31.2.